The maximum absolute atomic E-state index is 3.02. The second-order valence-corrected chi connectivity index (χ2v) is 32.8. The molecule has 0 aliphatic carbocycles. The summed E-state index contributed by atoms with van der Waals surface area (Å²) in [6.07, 6.45) is 30.1. The minimum absolute atomic E-state index is 0.332. The average molecular weight is 468 g/mol. The van der Waals surface area contributed by atoms with Gasteiger partial charge in [0.2, 0.25) is 5.91 Å². The van der Waals surface area contributed by atoms with Gasteiger partial charge in [-0.05, 0) is 95.8 Å². The zero-order chi connectivity index (χ0) is 21.7. The van der Waals surface area contributed by atoms with Crippen LogP contribution < -0.4 is 0 Å². The van der Waals surface area contributed by atoms with Crippen molar-refractivity contribution < 1.29 is 0 Å². The first-order valence-corrected chi connectivity index (χ1v) is 23.0. The molecule has 0 saturated carbocycles. The second-order valence-electron chi connectivity index (χ2n) is 11.7. The summed E-state index contributed by atoms with van der Waals surface area (Å²) in [6.45, 7) is 12.7. The highest BCUT2D eigenvalue weighted by Crippen LogP contribution is 2.79. The lowest BCUT2D eigenvalue weighted by atomic mass is 10.3. The number of hydrogen-bond donors (Lipinski definition) is 0. The Labute approximate surface area is 175 Å². The normalized spacial score (nSPS) is 18.6. The molecule has 0 N–H and O–H groups in total. The molecule has 0 aromatic rings. The molecule has 0 heterocycles. The summed E-state index contributed by atoms with van der Waals surface area (Å²) in [5.74, 6) is 0.553. The minimum atomic E-state index is -1.30. The zero-order valence-electron chi connectivity index (χ0n) is 21.1. The molecule has 0 saturated heterocycles. The monoisotopic (exact) mass is 467 g/mol. The molecule has 166 valence electrons. The van der Waals surface area contributed by atoms with Gasteiger partial charge in [0.05, 0.1) is 25.7 Å². The van der Waals surface area contributed by atoms with Crippen LogP contribution in [0.25, 0.3) is 0 Å². The van der Waals surface area contributed by atoms with Gasteiger partial charge in [-0.15, -0.1) is 0 Å². The first kappa shape index (κ1) is 27.8. The molecule has 26 heavy (non-hydrogen) atoms. The lowest BCUT2D eigenvalue weighted by molar-refractivity contribution is 0.494. The van der Waals surface area contributed by atoms with Gasteiger partial charge in [-0.1, -0.05) is 0 Å². The minimum Gasteiger partial charge on any atom is -0.182 e. The molecular weight excluding hydrogens is 415 g/mol. The highest BCUT2D eigenvalue weighted by atomic mass is 32.3. The smallest absolute Gasteiger partial charge is 0.182 e. The molecule has 0 spiro atoms. The van der Waals surface area contributed by atoms with E-state index >= 15 is 0 Å². The molecule has 0 aromatic heterocycles. The van der Waals surface area contributed by atoms with E-state index in [0.29, 0.717) is 11.1 Å². The SMILES string of the molecule is CC(C)(C)[P+](C)(C)C(N(S(C)(C)C)S(C)(C)C)N(S(C)(C)C)S(C)(C)C. The summed E-state index contributed by atoms with van der Waals surface area (Å²) in [5, 5.41) is 0.332. The van der Waals surface area contributed by atoms with Crippen LogP contribution in [0, 0.1) is 0 Å². The molecule has 0 radical (unpaired) electrons. The van der Waals surface area contributed by atoms with Crippen LogP contribution >= 0.6 is 48.1 Å². The first-order chi connectivity index (χ1) is 10.9. The van der Waals surface area contributed by atoms with Gasteiger partial charge < -0.3 is 0 Å². The Morgan fingerprint density at radius 2 is 0.731 bits per heavy atom. The topological polar surface area (TPSA) is 6.48 Å². The predicted molar refractivity (Wildman–Crippen MR) is 147 cm³/mol. The molecule has 0 rings (SSSR count). The average Bonchev–Trinajstić information content (AvgIpc) is 2.17. The van der Waals surface area contributed by atoms with E-state index in [4.69, 9.17) is 0 Å². The standard InChI is InChI=1S/C19H52N2PS4/c1-19(2,3)22(4,5)18(20(23(6,7)8)24(9,10)11)21(25(12,13)14)26(15,16)17/h18H,1-17H3/q+1. The van der Waals surface area contributed by atoms with Gasteiger partial charge in [0.25, 0.3) is 0 Å². The van der Waals surface area contributed by atoms with Crippen LogP contribution in [0.4, 0.5) is 0 Å². The quantitative estimate of drug-likeness (QED) is 0.316. The van der Waals surface area contributed by atoms with Gasteiger partial charge in [0.15, 0.2) is 0 Å². The summed E-state index contributed by atoms with van der Waals surface area (Å²) in [6, 6.07) is 0. The van der Waals surface area contributed by atoms with Crippen LogP contribution in [-0.2, 0) is 0 Å². The number of rotatable bonds is 7. The Bertz CT molecular complexity index is 414. The van der Waals surface area contributed by atoms with Crippen molar-refractivity contribution in [3.8, 4) is 0 Å². The van der Waals surface area contributed by atoms with E-state index in [-0.39, 0.29) is 0 Å². The number of nitrogens with zero attached hydrogens (tertiary/aromatic N) is 2. The lowest BCUT2D eigenvalue weighted by Gasteiger charge is -2.64. The van der Waals surface area contributed by atoms with Crippen molar-refractivity contribution in [1.82, 2.24) is 7.42 Å². The fourth-order valence-electron chi connectivity index (χ4n) is 3.37. The molecular formula is C19H52N2PS4+. The van der Waals surface area contributed by atoms with E-state index in [0.717, 1.165) is 0 Å². The van der Waals surface area contributed by atoms with Crippen molar-refractivity contribution >= 4 is 48.1 Å². The number of hydrogen-bond acceptors (Lipinski definition) is 2. The van der Waals surface area contributed by atoms with Crippen molar-refractivity contribution in [2.24, 2.45) is 0 Å². The third-order valence-corrected chi connectivity index (χ3v) is 21.0. The molecule has 2 nitrogen and oxygen atoms in total. The molecule has 0 fully saturated rings. The maximum atomic E-state index is 3.02. The molecule has 0 aliphatic rings. The summed E-state index contributed by atoms with van der Waals surface area (Å²) >= 11 is 0. The van der Waals surface area contributed by atoms with Crippen LogP contribution in [-0.4, -0.2) is 107 Å². The Hall–Kier alpha value is 1.75. The van der Waals surface area contributed by atoms with E-state index in [9.17, 15) is 0 Å². The highest BCUT2D eigenvalue weighted by Gasteiger charge is 2.58. The van der Waals surface area contributed by atoms with Crippen LogP contribution in [0.15, 0.2) is 0 Å². The Balaban J connectivity index is 7.04. The van der Waals surface area contributed by atoms with E-state index in [1.54, 1.807) is 0 Å². The van der Waals surface area contributed by atoms with Gasteiger partial charge in [-0.2, -0.15) is 48.3 Å². The van der Waals surface area contributed by atoms with Crippen molar-refractivity contribution in [3.63, 3.8) is 0 Å². The van der Waals surface area contributed by atoms with Gasteiger partial charge >= 0.3 is 0 Å². The molecule has 0 bridgehead atoms. The van der Waals surface area contributed by atoms with Crippen LogP contribution in [0.3, 0.4) is 0 Å². The van der Waals surface area contributed by atoms with Gasteiger partial charge in [0, 0.05) is 0 Å². The summed E-state index contributed by atoms with van der Waals surface area (Å²) in [4.78, 5) is 0. The molecule has 0 aliphatic heterocycles. The maximum Gasteiger partial charge on any atom is 0.208 e. The molecule has 0 unspecified atom stereocenters. The molecule has 0 atom stereocenters. The van der Waals surface area contributed by atoms with Crippen LogP contribution in [0.2, 0.25) is 0 Å². The predicted octanol–water partition coefficient (Wildman–Crippen LogP) is 6.39. The van der Waals surface area contributed by atoms with E-state index < -0.39 is 48.1 Å². The molecule has 0 amide bonds. The summed E-state index contributed by atoms with van der Waals surface area (Å²) < 4.78 is 6.05. The Morgan fingerprint density at radius 1 is 0.538 bits per heavy atom. The van der Waals surface area contributed by atoms with Gasteiger partial charge in [-0.3, -0.25) is 0 Å². The fraction of sp³-hybridized carbons (Fsp3) is 1.00. The Kier molecular flexibility index (Phi) is 8.66. The van der Waals surface area contributed by atoms with Gasteiger partial charge in [-0.25, -0.2) is 0 Å². The lowest BCUT2D eigenvalue weighted by Crippen LogP contribution is -2.53. The van der Waals surface area contributed by atoms with Crippen molar-refractivity contribution in [3.05, 3.63) is 0 Å². The largest absolute Gasteiger partial charge is 0.208 e. The Morgan fingerprint density at radius 3 is 0.846 bits per heavy atom. The van der Waals surface area contributed by atoms with Crippen molar-refractivity contribution in [1.29, 1.82) is 0 Å². The first-order valence-electron chi connectivity index (χ1n) is 9.02. The fourth-order valence-corrected chi connectivity index (χ4v) is 24.8. The van der Waals surface area contributed by atoms with Crippen LogP contribution in [0.1, 0.15) is 20.8 Å². The van der Waals surface area contributed by atoms with E-state index in [1.165, 1.54) is 0 Å². The van der Waals surface area contributed by atoms with E-state index in [1.807, 2.05) is 0 Å². The third kappa shape index (κ3) is 6.64. The van der Waals surface area contributed by atoms with Crippen molar-refractivity contribution in [2.75, 3.05) is 88.4 Å². The summed E-state index contributed by atoms with van der Waals surface area (Å²) in [5.41, 5.74) is 0. The van der Waals surface area contributed by atoms with Crippen LogP contribution in [0.5, 0.6) is 0 Å². The van der Waals surface area contributed by atoms with Gasteiger partial charge in [0.1, 0.15) is 0 Å². The zero-order valence-corrected chi connectivity index (χ0v) is 25.2. The molecule has 7 heteroatoms. The third-order valence-electron chi connectivity index (χ3n) is 4.84. The summed E-state index contributed by atoms with van der Waals surface area (Å²) in [7, 11) is -4.69. The molecule has 0 aromatic carbocycles. The van der Waals surface area contributed by atoms with E-state index in [2.05, 4.69) is 117 Å². The van der Waals surface area contributed by atoms with Crippen molar-refractivity contribution in [2.45, 2.75) is 31.8 Å². The second kappa shape index (κ2) is 8.12. The highest BCUT2D eigenvalue weighted by molar-refractivity contribution is 8.45.